The zero-order chi connectivity index (χ0) is 28.8. The summed E-state index contributed by atoms with van der Waals surface area (Å²) in [5.74, 6) is -3.97. The molecular weight excluding hydrogens is 514 g/mol. The van der Waals surface area contributed by atoms with Crippen LogP contribution in [0.3, 0.4) is 0 Å². The lowest BCUT2D eigenvalue weighted by Gasteiger charge is -2.39. The third-order valence-corrected chi connectivity index (χ3v) is 8.20. The molecule has 3 N–H and O–H groups in total. The number of hydrogen-bond donors (Lipinski definition) is 3. The van der Waals surface area contributed by atoms with Crippen LogP contribution < -0.4 is 16.0 Å². The molecule has 1 spiro atoms. The Morgan fingerprint density at radius 2 is 1.77 bits per heavy atom. The van der Waals surface area contributed by atoms with Crippen molar-refractivity contribution in [2.45, 2.75) is 102 Å². The normalized spacial score (nSPS) is 24.1. The molecule has 2 saturated heterocycles. The Labute approximate surface area is 228 Å². The number of carbonyl (C=O) groups excluding carboxylic acids is 5. The van der Waals surface area contributed by atoms with Crippen molar-refractivity contribution in [3.63, 3.8) is 0 Å². The molecule has 0 aromatic heterocycles. The molecule has 4 amide bonds. The SMILES string of the molecule is CC(=O)N1CCC2(CC1)CC(CC(C=O)NC(=O)[C@H](CC(C)C)NC(=O)OCC1CCC(F)(F)CC1)C(=O)N2. The van der Waals surface area contributed by atoms with E-state index in [-0.39, 0.29) is 62.4 Å². The average molecular weight is 557 g/mol. The molecule has 220 valence electrons. The third kappa shape index (κ3) is 8.86. The van der Waals surface area contributed by atoms with E-state index in [0.717, 1.165) is 0 Å². The van der Waals surface area contributed by atoms with E-state index in [4.69, 9.17) is 4.74 Å². The summed E-state index contributed by atoms with van der Waals surface area (Å²) < 4.78 is 31.9. The molecule has 2 unspecified atom stereocenters. The highest BCUT2D eigenvalue weighted by Crippen LogP contribution is 2.37. The molecule has 2 heterocycles. The number of ether oxygens (including phenoxy) is 1. The first-order valence-electron chi connectivity index (χ1n) is 14.0. The number of piperidine rings is 1. The van der Waals surface area contributed by atoms with Gasteiger partial charge in [0.25, 0.3) is 0 Å². The minimum absolute atomic E-state index is 0.00142. The zero-order valence-corrected chi connectivity index (χ0v) is 23.1. The van der Waals surface area contributed by atoms with Crippen molar-refractivity contribution in [3.8, 4) is 0 Å². The molecule has 1 saturated carbocycles. The monoisotopic (exact) mass is 556 g/mol. The van der Waals surface area contributed by atoms with E-state index >= 15 is 0 Å². The van der Waals surface area contributed by atoms with Crippen molar-refractivity contribution in [3.05, 3.63) is 0 Å². The number of carbonyl (C=O) groups is 5. The summed E-state index contributed by atoms with van der Waals surface area (Å²) >= 11 is 0. The number of rotatable bonds is 10. The third-order valence-electron chi connectivity index (χ3n) is 8.20. The fraction of sp³-hybridized carbons (Fsp3) is 0.815. The maximum absolute atomic E-state index is 13.4. The number of nitrogens with one attached hydrogen (secondary N) is 3. The Balaban J connectivity index is 1.50. The van der Waals surface area contributed by atoms with Crippen molar-refractivity contribution in [2.75, 3.05) is 19.7 Å². The molecule has 10 nitrogen and oxygen atoms in total. The second-order valence-corrected chi connectivity index (χ2v) is 11.9. The van der Waals surface area contributed by atoms with Gasteiger partial charge < -0.3 is 30.4 Å². The predicted octanol–water partition coefficient (Wildman–Crippen LogP) is 2.54. The Morgan fingerprint density at radius 1 is 1.13 bits per heavy atom. The van der Waals surface area contributed by atoms with Crippen molar-refractivity contribution in [2.24, 2.45) is 17.8 Å². The van der Waals surface area contributed by atoms with Crippen molar-refractivity contribution in [1.82, 2.24) is 20.9 Å². The van der Waals surface area contributed by atoms with Crippen LogP contribution in [0, 0.1) is 17.8 Å². The van der Waals surface area contributed by atoms with Crippen molar-refractivity contribution in [1.29, 1.82) is 0 Å². The van der Waals surface area contributed by atoms with Gasteiger partial charge in [-0.05, 0) is 56.8 Å². The van der Waals surface area contributed by atoms with E-state index < -0.39 is 41.5 Å². The number of amides is 4. The molecule has 0 aromatic carbocycles. The first-order valence-corrected chi connectivity index (χ1v) is 14.0. The van der Waals surface area contributed by atoms with Crippen LogP contribution in [0.1, 0.15) is 78.6 Å². The van der Waals surface area contributed by atoms with E-state index in [1.807, 2.05) is 13.8 Å². The summed E-state index contributed by atoms with van der Waals surface area (Å²) in [6, 6.07) is -1.88. The summed E-state index contributed by atoms with van der Waals surface area (Å²) in [6.45, 7) is 6.40. The predicted molar refractivity (Wildman–Crippen MR) is 138 cm³/mol. The highest BCUT2D eigenvalue weighted by molar-refractivity contribution is 5.88. The van der Waals surface area contributed by atoms with Crippen LogP contribution in [0.4, 0.5) is 13.6 Å². The minimum atomic E-state index is -2.67. The smallest absolute Gasteiger partial charge is 0.407 e. The van der Waals surface area contributed by atoms with Crippen molar-refractivity contribution < 1.29 is 37.5 Å². The average Bonchev–Trinajstić information content (AvgIpc) is 3.16. The number of likely N-dealkylation sites (tertiary alicyclic amines) is 1. The summed E-state index contributed by atoms with van der Waals surface area (Å²) in [4.78, 5) is 63.4. The van der Waals surface area contributed by atoms with Gasteiger partial charge in [-0.25, -0.2) is 13.6 Å². The highest BCUT2D eigenvalue weighted by atomic mass is 19.3. The summed E-state index contributed by atoms with van der Waals surface area (Å²) in [6.07, 6.45) is 2.07. The lowest BCUT2D eigenvalue weighted by Crippen LogP contribution is -2.51. The molecule has 1 aliphatic carbocycles. The van der Waals surface area contributed by atoms with Crippen LogP contribution in [0.2, 0.25) is 0 Å². The van der Waals surface area contributed by atoms with Gasteiger partial charge in [0.2, 0.25) is 23.6 Å². The van der Waals surface area contributed by atoms with Crippen molar-refractivity contribution >= 4 is 30.1 Å². The number of alkyl halides is 2. The maximum Gasteiger partial charge on any atom is 0.407 e. The zero-order valence-electron chi connectivity index (χ0n) is 23.1. The van der Waals surface area contributed by atoms with Crippen LogP contribution in [0.15, 0.2) is 0 Å². The Morgan fingerprint density at radius 3 is 2.33 bits per heavy atom. The first kappa shape index (κ1) is 30.7. The van der Waals surface area contributed by atoms with Crippen LogP contribution in [0.5, 0.6) is 0 Å². The van der Waals surface area contributed by atoms with Crippen LogP contribution in [-0.4, -0.2) is 78.2 Å². The number of hydrogen-bond acceptors (Lipinski definition) is 6. The van der Waals surface area contributed by atoms with E-state index in [0.29, 0.717) is 45.1 Å². The largest absolute Gasteiger partial charge is 0.449 e. The molecule has 0 bridgehead atoms. The van der Waals surface area contributed by atoms with E-state index in [1.54, 1.807) is 4.90 Å². The van der Waals surface area contributed by atoms with Crippen LogP contribution in [0.25, 0.3) is 0 Å². The van der Waals surface area contributed by atoms with Gasteiger partial charge in [-0.15, -0.1) is 0 Å². The Hall–Kier alpha value is -2.79. The van der Waals surface area contributed by atoms with E-state index in [9.17, 15) is 32.8 Å². The fourth-order valence-corrected chi connectivity index (χ4v) is 5.83. The standard InChI is InChI=1S/C27H42F2N4O6/c1-17(2)12-22(31-25(38)39-16-19-4-6-27(28,29)7-5-19)24(37)30-21(15-34)13-20-14-26(32-23(20)36)8-10-33(11-9-26)18(3)35/h15,17,19-22H,4-14,16H2,1-3H3,(H,30,37)(H,31,38)(H,32,36)/t20?,21?,22-/m0/s1. The second kappa shape index (κ2) is 13.0. The molecular formula is C27H42F2N4O6. The molecule has 12 heteroatoms. The van der Waals surface area contributed by atoms with Crippen LogP contribution >= 0.6 is 0 Å². The Bertz CT molecular complexity index is 912. The fourth-order valence-electron chi connectivity index (χ4n) is 5.83. The van der Waals surface area contributed by atoms with Gasteiger partial charge in [-0.2, -0.15) is 0 Å². The van der Waals surface area contributed by atoms with E-state index in [1.165, 1.54) is 6.92 Å². The molecule has 0 aromatic rings. The number of halogens is 2. The molecule has 3 fully saturated rings. The quantitative estimate of drug-likeness (QED) is 0.354. The molecule has 0 radical (unpaired) electrons. The van der Waals surface area contributed by atoms with Gasteiger partial charge in [0, 0.05) is 44.3 Å². The molecule has 3 aliphatic rings. The molecule has 3 rings (SSSR count). The van der Waals surface area contributed by atoms with Gasteiger partial charge in [0.1, 0.15) is 12.3 Å². The number of nitrogens with zero attached hydrogens (tertiary/aromatic N) is 1. The summed E-state index contributed by atoms with van der Waals surface area (Å²) in [5.41, 5.74) is -0.412. The summed E-state index contributed by atoms with van der Waals surface area (Å²) in [7, 11) is 0. The maximum atomic E-state index is 13.4. The molecule has 39 heavy (non-hydrogen) atoms. The second-order valence-electron chi connectivity index (χ2n) is 11.9. The highest BCUT2D eigenvalue weighted by Gasteiger charge is 2.46. The van der Waals surface area contributed by atoms with Crippen LogP contribution in [-0.2, 0) is 23.9 Å². The molecule has 2 aliphatic heterocycles. The van der Waals surface area contributed by atoms with Gasteiger partial charge in [-0.3, -0.25) is 14.4 Å². The van der Waals surface area contributed by atoms with E-state index in [2.05, 4.69) is 16.0 Å². The minimum Gasteiger partial charge on any atom is -0.449 e. The number of aldehydes is 1. The van der Waals surface area contributed by atoms with Gasteiger partial charge in [0.15, 0.2) is 0 Å². The Kier molecular flexibility index (Phi) is 10.3. The lowest BCUT2D eigenvalue weighted by molar-refractivity contribution is -0.130. The number of alkyl carbamates (subject to hydrolysis) is 1. The topological polar surface area (TPSA) is 134 Å². The first-order chi connectivity index (χ1) is 18.3. The lowest BCUT2D eigenvalue weighted by atomic mass is 9.82. The summed E-state index contributed by atoms with van der Waals surface area (Å²) in [5, 5.41) is 8.27. The van der Waals surface area contributed by atoms with Gasteiger partial charge in [-0.1, -0.05) is 13.8 Å². The van der Waals surface area contributed by atoms with Gasteiger partial charge in [0.05, 0.1) is 12.6 Å². The van der Waals surface area contributed by atoms with Gasteiger partial charge >= 0.3 is 6.09 Å². The molecule has 3 atom stereocenters.